The molecule has 16 heavy (non-hydrogen) atoms. The molecule has 1 aliphatic rings. The minimum atomic E-state index is 0.113. The molecule has 0 heterocycles. The van der Waals surface area contributed by atoms with Gasteiger partial charge in [0.1, 0.15) is 0 Å². The van der Waals surface area contributed by atoms with Crippen LogP contribution in [0.15, 0.2) is 0 Å². The Morgan fingerprint density at radius 2 is 1.75 bits per heavy atom. The first-order valence-corrected chi connectivity index (χ1v) is 6.87. The molecule has 1 N–H and O–H groups in total. The van der Waals surface area contributed by atoms with Crippen LogP contribution in [0.2, 0.25) is 0 Å². The monoisotopic (exact) mass is 227 g/mol. The second-order valence-corrected chi connectivity index (χ2v) is 5.64. The van der Waals surface area contributed by atoms with E-state index >= 15 is 0 Å². The van der Waals surface area contributed by atoms with Crippen molar-refractivity contribution in [2.75, 3.05) is 14.2 Å². The van der Waals surface area contributed by atoms with E-state index in [2.05, 4.69) is 26.2 Å². The molecule has 0 aromatic heterocycles. The summed E-state index contributed by atoms with van der Waals surface area (Å²) in [5.41, 5.74) is 0.113. The normalized spacial score (nSPS) is 22.3. The van der Waals surface area contributed by atoms with Gasteiger partial charge in [0.15, 0.2) is 0 Å². The Morgan fingerprint density at radius 1 is 1.12 bits per heavy atom. The van der Waals surface area contributed by atoms with Crippen molar-refractivity contribution >= 4 is 0 Å². The largest absolute Gasteiger partial charge is 0.377 e. The van der Waals surface area contributed by atoms with Gasteiger partial charge in [0.2, 0.25) is 0 Å². The average molecular weight is 227 g/mol. The molecule has 96 valence electrons. The Kier molecular flexibility index (Phi) is 5.77. The van der Waals surface area contributed by atoms with E-state index in [9.17, 15) is 0 Å². The molecule has 0 bridgehead atoms. The second-order valence-electron chi connectivity index (χ2n) is 5.64. The lowest BCUT2D eigenvalue weighted by Gasteiger charge is -2.42. The molecule has 0 aromatic rings. The summed E-state index contributed by atoms with van der Waals surface area (Å²) >= 11 is 0. The molecule has 0 aliphatic heterocycles. The molecular weight excluding hydrogens is 198 g/mol. The second kappa shape index (κ2) is 6.61. The van der Waals surface area contributed by atoms with E-state index < -0.39 is 0 Å². The third-order valence-corrected chi connectivity index (χ3v) is 4.12. The van der Waals surface area contributed by atoms with E-state index in [1.165, 1.54) is 44.9 Å². The highest BCUT2D eigenvalue weighted by molar-refractivity contribution is 4.94. The maximum absolute atomic E-state index is 5.90. The summed E-state index contributed by atoms with van der Waals surface area (Å²) in [7, 11) is 3.98. The number of likely N-dealkylation sites (N-methyl/N-ethyl adjacent to an activating group) is 1. The van der Waals surface area contributed by atoms with Crippen molar-refractivity contribution in [3.63, 3.8) is 0 Å². The molecule has 0 aromatic carbocycles. The number of rotatable bonds is 6. The molecule has 0 amide bonds. The van der Waals surface area contributed by atoms with Crippen molar-refractivity contribution in [3.05, 3.63) is 0 Å². The van der Waals surface area contributed by atoms with Gasteiger partial charge in [0.25, 0.3) is 0 Å². The average Bonchev–Trinajstić information content (AvgIpc) is 2.30. The molecule has 0 saturated heterocycles. The Balaban J connectivity index is 2.58. The van der Waals surface area contributed by atoms with E-state index in [-0.39, 0.29) is 5.60 Å². The predicted octanol–water partition coefficient (Wildman–Crippen LogP) is 3.36. The van der Waals surface area contributed by atoms with Crippen LogP contribution in [0.3, 0.4) is 0 Å². The number of nitrogens with one attached hydrogen (secondary N) is 1. The van der Waals surface area contributed by atoms with Crippen LogP contribution in [-0.2, 0) is 4.74 Å². The molecule has 2 nitrogen and oxygen atoms in total. The molecular formula is C14H29NO. The minimum Gasteiger partial charge on any atom is -0.377 e. The zero-order chi connectivity index (χ0) is 12.0. The summed E-state index contributed by atoms with van der Waals surface area (Å²) in [6, 6.07) is 0.528. The summed E-state index contributed by atoms with van der Waals surface area (Å²) in [6.07, 6.45) is 9.02. The van der Waals surface area contributed by atoms with Gasteiger partial charge in [-0.1, -0.05) is 33.1 Å². The first-order chi connectivity index (χ1) is 7.64. The smallest absolute Gasteiger partial charge is 0.0830 e. The van der Waals surface area contributed by atoms with Crippen LogP contribution < -0.4 is 5.32 Å². The molecule has 0 spiro atoms. The van der Waals surface area contributed by atoms with E-state index in [1.807, 2.05) is 7.11 Å². The summed E-state index contributed by atoms with van der Waals surface area (Å²) in [5.74, 6) is 0.786. The fraction of sp³-hybridized carbons (Fsp3) is 1.00. The van der Waals surface area contributed by atoms with E-state index in [0.29, 0.717) is 6.04 Å². The molecule has 2 heteroatoms. The topological polar surface area (TPSA) is 21.3 Å². The predicted molar refractivity (Wildman–Crippen MR) is 69.7 cm³/mol. The van der Waals surface area contributed by atoms with Crippen molar-refractivity contribution in [2.24, 2.45) is 5.92 Å². The minimum absolute atomic E-state index is 0.113. The van der Waals surface area contributed by atoms with Crippen molar-refractivity contribution < 1.29 is 4.74 Å². The number of hydrogen-bond donors (Lipinski definition) is 1. The van der Waals surface area contributed by atoms with Crippen LogP contribution in [0.4, 0.5) is 0 Å². The Bertz CT molecular complexity index is 185. The van der Waals surface area contributed by atoms with Crippen LogP contribution in [0.1, 0.15) is 58.8 Å². The third-order valence-electron chi connectivity index (χ3n) is 4.12. The maximum atomic E-state index is 5.90. The first kappa shape index (κ1) is 14.0. The van der Waals surface area contributed by atoms with Crippen molar-refractivity contribution in [1.82, 2.24) is 5.32 Å². The van der Waals surface area contributed by atoms with Gasteiger partial charge >= 0.3 is 0 Å². The highest BCUT2D eigenvalue weighted by Gasteiger charge is 2.38. The molecule has 1 unspecified atom stereocenters. The standard InChI is InChI=1S/C14H29NO/c1-12(2)8-9-13(15-3)14(16-4)10-6-5-7-11-14/h12-13,15H,5-11H2,1-4H3. The molecule has 0 radical (unpaired) electrons. The van der Waals surface area contributed by atoms with Gasteiger partial charge in [-0.15, -0.1) is 0 Å². The van der Waals surface area contributed by atoms with Gasteiger partial charge in [-0.25, -0.2) is 0 Å². The van der Waals surface area contributed by atoms with E-state index in [0.717, 1.165) is 5.92 Å². The highest BCUT2D eigenvalue weighted by atomic mass is 16.5. The highest BCUT2D eigenvalue weighted by Crippen LogP contribution is 2.35. The van der Waals surface area contributed by atoms with Crippen molar-refractivity contribution in [1.29, 1.82) is 0 Å². The van der Waals surface area contributed by atoms with Crippen LogP contribution in [0, 0.1) is 5.92 Å². The summed E-state index contributed by atoms with van der Waals surface area (Å²) in [5, 5.41) is 3.49. The van der Waals surface area contributed by atoms with Gasteiger partial charge in [-0.05, 0) is 38.6 Å². The summed E-state index contributed by atoms with van der Waals surface area (Å²) < 4.78 is 5.90. The molecule has 1 saturated carbocycles. The summed E-state index contributed by atoms with van der Waals surface area (Å²) in [4.78, 5) is 0. The molecule has 1 fully saturated rings. The van der Waals surface area contributed by atoms with Gasteiger partial charge in [0.05, 0.1) is 5.60 Å². The van der Waals surface area contributed by atoms with Gasteiger partial charge in [-0.3, -0.25) is 0 Å². The fourth-order valence-electron chi connectivity index (χ4n) is 3.02. The number of ether oxygens (including phenoxy) is 1. The number of hydrogen-bond acceptors (Lipinski definition) is 2. The fourth-order valence-corrected chi connectivity index (χ4v) is 3.02. The zero-order valence-corrected chi connectivity index (χ0v) is 11.5. The van der Waals surface area contributed by atoms with Gasteiger partial charge in [0, 0.05) is 13.2 Å². The maximum Gasteiger partial charge on any atom is 0.0830 e. The lowest BCUT2D eigenvalue weighted by Crippen LogP contribution is -2.52. The van der Waals surface area contributed by atoms with E-state index in [1.54, 1.807) is 0 Å². The summed E-state index contributed by atoms with van der Waals surface area (Å²) in [6.45, 7) is 4.60. The first-order valence-electron chi connectivity index (χ1n) is 6.87. The van der Waals surface area contributed by atoms with Crippen LogP contribution in [0.25, 0.3) is 0 Å². The quantitative estimate of drug-likeness (QED) is 0.751. The SMILES string of the molecule is CNC(CCC(C)C)C1(OC)CCCCC1. The van der Waals surface area contributed by atoms with Crippen LogP contribution in [-0.4, -0.2) is 25.8 Å². The van der Waals surface area contributed by atoms with Crippen LogP contribution in [0.5, 0.6) is 0 Å². The zero-order valence-electron chi connectivity index (χ0n) is 11.5. The molecule has 1 atom stereocenters. The Hall–Kier alpha value is -0.0800. The Morgan fingerprint density at radius 3 is 2.19 bits per heavy atom. The molecule has 1 aliphatic carbocycles. The van der Waals surface area contributed by atoms with Crippen molar-refractivity contribution in [2.45, 2.75) is 70.4 Å². The van der Waals surface area contributed by atoms with Gasteiger partial charge in [-0.2, -0.15) is 0 Å². The van der Waals surface area contributed by atoms with Crippen LogP contribution >= 0.6 is 0 Å². The third kappa shape index (κ3) is 3.46. The Labute approximate surface area is 101 Å². The van der Waals surface area contributed by atoms with Gasteiger partial charge < -0.3 is 10.1 Å². The van der Waals surface area contributed by atoms with E-state index in [4.69, 9.17) is 4.74 Å². The number of methoxy groups -OCH3 is 1. The lowest BCUT2D eigenvalue weighted by molar-refractivity contribution is -0.0685. The lowest BCUT2D eigenvalue weighted by atomic mass is 9.77. The molecule has 1 rings (SSSR count). The van der Waals surface area contributed by atoms with Crippen molar-refractivity contribution in [3.8, 4) is 0 Å².